The highest BCUT2D eigenvalue weighted by Gasteiger charge is 2.22. The predicted octanol–water partition coefficient (Wildman–Crippen LogP) is 6.34. The summed E-state index contributed by atoms with van der Waals surface area (Å²) in [5.74, 6) is 0.547. The van der Waals surface area contributed by atoms with Crippen molar-refractivity contribution in [1.82, 2.24) is 4.90 Å². The van der Waals surface area contributed by atoms with Crippen LogP contribution in [0.2, 0.25) is 0 Å². The second-order valence-corrected chi connectivity index (χ2v) is 9.44. The molecule has 0 spiro atoms. The fourth-order valence-electron chi connectivity index (χ4n) is 3.52. The van der Waals surface area contributed by atoms with Crippen molar-refractivity contribution in [2.45, 2.75) is 38.9 Å². The van der Waals surface area contributed by atoms with Gasteiger partial charge >= 0.3 is 6.09 Å². The van der Waals surface area contributed by atoms with Gasteiger partial charge in [0.05, 0.1) is 0 Å². The lowest BCUT2D eigenvalue weighted by atomic mass is 10.1. The second-order valence-electron chi connectivity index (χ2n) is 9.44. The number of carbonyl (C=O) groups is 2. The minimum absolute atomic E-state index is 0.0960. The van der Waals surface area contributed by atoms with Crippen LogP contribution in [0.5, 0.6) is 5.75 Å². The molecule has 0 aromatic heterocycles. The van der Waals surface area contributed by atoms with Gasteiger partial charge in [-0.1, -0.05) is 54.6 Å². The summed E-state index contributed by atoms with van der Waals surface area (Å²) in [4.78, 5) is 28.4. The average Bonchev–Trinajstić information content (AvgIpc) is 2.85. The average molecular weight is 475 g/mol. The van der Waals surface area contributed by atoms with Gasteiger partial charge in [-0.15, -0.1) is 0 Å². The lowest BCUT2D eigenvalue weighted by Gasteiger charge is -2.27. The molecule has 0 saturated heterocycles. The third-order valence-electron chi connectivity index (χ3n) is 5.41. The molecule has 2 amide bonds. The highest BCUT2D eigenvalue weighted by molar-refractivity contribution is 6.05. The van der Waals surface area contributed by atoms with Crippen molar-refractivity contribution < 1.29 is 19.1 Å². The van der Waals surface area contributed by atoms with Crippen LogP contribution in [0.1, 0.15) is 49.2 Å². The Bertz CT molecular complexity index is 1110. The van der Waals surface area contributed by atoms with E-state index in [4.69, 9.17) is 9.47 Å². The fraction of sp³-hybridized carbons (Fsp3) is 0.310. The molecule has 184 valence electrons. The summed E-state index contributed by atoms with van der Waals surface area (Å²) in [6, 6.07) is 26.5. The van der Waals surface area contributed by atoms with E-state index in [1.807, 2.05) is 93.6 Å². The number of nitrogens with zero attached hydrogens (tertiary/aromatic N) is 2. The highest BCUT2D eigenvalue weighted by atomic mass is 16.6. The van der Waals surface area contributed by atoms with E-state index in [0.29, 0.717) is 24.3 Å². The molecule has 0 fully saturated rings. The summed E-state index contributed by atoms with van der Waals surface area (Å²) in [5.41, 5.74) is 1.80. The van der Waals surface area contributed by atoms with E-state index in [-0.39, 0.29) is 18.1 Å². The summed E-state index contributed by atoms with van der Waals surface area (Å²) >= 11 is 0. The molecule has 0 heterocycles. The van der Waals surface area contributed by atoms with E-state index in [9.17, 15) is 9.59 Å². The summed E-state index contributed by atoms with van der Waals surface area (Å²) in [6.45, 7) is 6.00. The van der Waals surface area contributed by atoms with Gasteiger partial charge in [0, 0.05) is 44.4 Å². The van der Waals surface area contributed by atoms with Crippen LogP contribution in [0, 0.1) is 0 Å². The monoisotopic (exact) mass is 474 g/mol. The topological polar surface area (TPSA) is 59.1 Å². The zero-order valence-corrected chi connectivity index (χ0v) is 21.1. The number of hydrogen-bond donors (Lipinski definition) is 0. The molecular formula is C29H34N2O4. The molecule has 0 bridgehead atoms. The molecule has 6 nitrogen and oxygen atoms in total. The van der Waals surface area contributed by atoms with E-state index in [2.05, 4.69) is 0 Å². The number of hydrogen-bond acceptors (Lipinski definition) is 4. The van der Waals surface area contributed by atoms with Crippen LogP contribution in [0.15, 0.2) is 84.9 Å². The number of benzene rings is 3. The first kappa shape index (κ1) is 25.8. The first-order chi connectivity index (χ1) is 16.6. The molecule has 0 aliphatic carbocycles. The molecule has 0 saturated carbocycles. The van der Waals surface area contributed by atoms with Gasteiger partial charge in [-0.2, -0.15) is 0 Å². The van der Waals surface area contributed by atoms with E-state index in [0.717, 1.165) is 11.3 Å². The van der Waals surface area contributed by atoms with Crippen molar-refractivity contribution in [2.24, 2.45) is 0 Å². The van der Waals surface area contributed by atoms with Crippen molar-refractivity contribution in [2.75, 3.05) is 25.5 Å². The fourth-order valence-corrected chi connectivity index (χ4v) is 3.52. The first-order valence-corrected chi connectivity index (χ1v) is 11.7. The van der Waals surface area contributed by atoms with Crippen LogP contribution in [0.25, 0.3) is 0 Å². The van der Waals surface area contributed by atoms with Crippen LogP contribution < -0.4 is 9.64 Å². The number of amides is 2. The van der Waals surface area contributed by atoms with E-state index in [1.165, 1.54) is 0 Å². The van der Waals surface area contributed by atoms with Crippen molar-refractivity contribution in [1.29, 1.82) is 0 Å². The third kappa shape index (κ3) is 7.60. The van der Waals surface area contributed by atoms with Crippen molar-refractivity contribution in [3.8, 4) is 5.75 Å². The molecule has 1 unspecified atom stereocenters. The maximum Gasteiger partial charge on any atom is 0.410 e. The summed E-state index contributed by atoms with van der Waals surface area (Å²) in [5, 5.41) is 0. The van der Waals surface area contributed by atoms with Gasteiger partial charge in [-0.05, 0) is 50.6 Å². The van der Waals surface area contributed by atoms with Gasteiger partial charge in [0.2, 0.25) is 0 Å². The molecule has 35 heavy (non-hydrogen) atoms. The lowest BCUT2D eigenvalue weighted by molar-refractivity contribution is 0.0278. The van der Waals surface area contributed by atoms with Crippen molar-refractivity contribution in [3.63, 3.8) is 0 Å². The predicted molar refractivity (Wildman–Crippen MR) is 139 cm³/mol. The molecule has 0 aliphatic heterocycles. The van der Waals surface area contributed by atoms with Crippen LogP contribution in [0.3, 0.4) is 0 Å². The normalized spacial score (nSPS) is 11.9. The SMILES string of the molecule is CN(CCC(Oc1cccc(N(C)C(=O)c2ccccc2)c1)c1ccccc1)C(=O)OC(C)(C)C. The molecular weight excluding hydrogens is 440 g/mol. The Morgan fingerprint density at radius 2 is 1.49 bits per heavy atom. The van der Waals surface area contributed by atoms with E-state index < -0.39 is 5.60 Å². The third-order valence-corrected chi connectivity index (χ3v) is 5.41. The van der Waals surface area contributed by atoms with Gasteiger partial charge in [0.1, 0.15) is 17.5 Å². The summed E-state index contributed by atoms with van der Waals surface area (Å²) in [7, 11) is 3.47. The van der Waals surface area contributed by atoms with Gasteiger partial charge in [0.25, 0.3) is 5.91 Å². The van der Waals surface area contributed by atoms with Gasteiger partial charge in [-0.3, -0.25) is 4.79 Å². The van der Waals surface area contributed by atoms with E-state index in [1.54, 1.807) is 36.0 Å². The first-order valence-electron chi connectivity index (χ1n) is 11.7. The standard InChI is InChI=1S/C29H34N2O4/c1-29(2,3)35-28(33)30(4)20-19-26(22-13-8-6-9-14-22)34-25-18-12-17-24(21-25)31(5)27(32)23-15-10-7-11-16-23/h6-18,21,26H,19-20H2,1-5H3. The van der Waals surface area contributed by atoms with Gasteiger partial charge < -0.3 is 19.3 Å². The molecule has 1 atom stereocenters. The molecule has 3 aromatic carbocycles. The Morgan fingerprint density at radius 3 is 2.11 bits per heavy atom. The highest BCUT2D eigenvalue weighted by Crippen LogP contribution is 2.28. The lowest BCUT2D eigenvalue weighted by Crippen LogP contribution is -2.35. The summed E-state index contributed by atoms with van der Waals surface area (Å²) in [6.07, 6.45) is -0.0817. The van der Waals surface area contributed by atoms with Crippen LogP contribution >= 0.6 is 0 Å². The Balaban J connectivity index is 1.74. The van der Waals surface area contributed by atoms with Crippen LogP contribution in [-0.4, -0.2) is 43.1 Å². The minimum atomic E-state index is -0.551. The zero-order valence-electron chi connectivity index (χ0n) is 21.1. The van der Waals surface area contributed by atoms with Crippen molar-refractivity contribution >= 4 is 17.7 Å². The van der Waals surface area contributed by atoms with Crippen LogP contribution in [-0.2, 0) is 4.74 Å². The maximum atomic E-state index is 12.9. The molecule has 3 rings (SSSR count). The molecule has 6 heteroatoms. The summed E-state index contributed by atoms with van der Waals surface area (Å²) < 4.78 is 11.9. The number of carbonyl (C=O) groups excluding carboxylic acids is 2. The van der Waals surface area contributed by atoms with E-state index >= 15 is 0 Å². The minimum Gasteiger partial charge on any atom is -0.486 e. The number of rotatable bonds is 8. The maximum absolute atomic E-state index is 12.9. The van der Waals surface area contributed by atoms with Crippen LogP contribution in [0.4, 0.5) is 10.5 Å². The van der Waals surface area contributed by atoms with Gasteiger partial charge in [-0.25, -0.2) is 4.79 Å². The largest absolute Gasteiger partial charge is 0.486 e. The van der Waals surface area contributed by atoms with Crippen molar-refractivity contribution in [3.05, 3.63) is 96.1 Å². The molecule has 0 radical (unpaired) electrons. The Hall–Kier alpha value is -3.80. The second kappa shape index (κ2) is 11.6. The molecule has 0 aliphatic rings. The molecule has 0 N–H and O–H groups in total. The Morgan fingerprint density at radius 1 is 0.857 bits per heavy atom. The Labute approximate surface area is 208 Å². The number of anilines is 1. The quantitative estimate of drug-likeness (QED) is 0.382. The molecule has 3 aromatic rings. The number of ether oxygens (including phenoxy) is 2. The van der Waals surface area contributed by atoms with Gasteiger partial charge in [0.15, 0.2) is 0 Å². The Kier molecular flexibility index (Phi) is 8.53. The smallest absolute Gasteiger partial charge is 0.410 e. The zero-order chi connectivity index (χ0) is 25.4.